The number of nitrogens with one attached hydrogen (secondary N) is 1. The zero-order valence-electron chi connectivity index (χ0n) is 10.6. The Bertz CT molecular complexity index is 343. The molecular formula is C11H19N3O4. The average molecular weight is 257 g/mol. The van der Waals surface area contributed by atoms with Crippen LogP contribution in [-0.4, -0.2) is 42.3 Å². The number of primary amides is 1. The fourth-order valence-corrected chi connectivity index (χ4v) is 1.83. The van der Waals surface area contributed by atoms with E-state index >= 15 is 0 Å². The quantitative estimate of drug-likeness (QED) is 0.597. The summed E-state index contributed by atoms with van der Waals surface area (Å²) in [5, 5.41) is 0. The van der Waals surface area contributed by atoms with Crippen molar-refractivity contribution in [2.75, 3.05) is 19.7 Å². The summed E-state index contributed by atoms with van der Waals surface area (Å²) in [5.41, 5.74) is 6.99. The van der Waals surface area contributed by atoms with Gasteiger partial charge in [-0.15, -0.1) is 0 Å². The second-order valence-electron chi connectivity index (χ2n) is 4.81. The number of carbonyl (C=O) groups is 3. The van der Waals surface area contributed by atoms with Gasteiger partial charge < -0.3 is 10.6 Å². The van der Waals surface area contributed by atoms with Gasteiger partial charge in [0.1, 0.15) is 0 Å². The van der Waals surface area contributed by atoms with Gasteiger partial charge in [-0.05, 0) is 5.92 Å². The Hall–Kier alpha value is -1.63. The van der Waals surface area contributed by atoms with Crippen molar-refractivity contribution in [3.63, 3.8) is 0 Å². The second-order valence-corrected chi connectivity index (χ2v) is 4.81. The molecule has 1 heterocycles. The molecule has 1 fully saturated rings. The molecule has 0 aromatic rings. The van der Waals surface area contributed by atoms with Gasteiger partial charge in [0.25, 0.3) is 0 Å². The molecule has 1 unspecified atom stereocenters. The Morgan fingerprint density at radius 3 is 2.78 bits per heavy atom. The van der Waals surface area contributed by atoms with Gasteiger partial charge in [0.15, 0.2) is 6.61 Å². The van der Waals surface area contributed by atoms with E-state index in [9.17, 15) is 14.4 Å². The van der Waals surface area contributed by atoms with E-state index in [0.29, 0.717) is 19.0 Å². The molecule has 1 rings (SSSR count). The van der Waals surface area contributed by atoms with Crippen molar-refractivity contribution < 1.29 is 19.2 Å². The zero-order valence-corrected chi connectivity index (χ0v) is 10.6. The van der Waals surface area contributed by atoms with E-state index in [1.54, 1.807) is 4.90 Å². The largest absolute Gasteiger partial charge is 0.368 e. The number of hydroxylamine groups is 1. The third kappa shape index (κ3) is 4.33. The minimum atomic E-state index is -0.667. The molecule has 0 saturated carbocycles. The first-order valence-electron chi connectivity index (χ1n) is 5.88. The first-order valence-corrected chi connectivity index (χ1v) is 5.88. The lowest BCUT2D eigenvalue weighted by molar-refractivity contribution is -0.141. The van der Waals surface area contributed by atoms with Crippen LogP contribution in [0.1, 0.15) is 20.3 Å². The fraction of sp³-hybridized carbons (Fsp3) is 0.727. The number of amides is 3. The highest BCUT2D eigenvalue weighted by atomic mass is 16.7. The summed E-state index contributed by atoms with van der Waals surface area (Å²) in [4.78, 5) is 40.0. The van der Waals surface area contributed by atoms with Gasteiger partial charge in [-0.3, -0.25) is 19.2 Å². The van der Waals surface area contributed by atoms with Gasteiger partial charge in [-0.2, -0.15) is 0 Å². The van der Waals surface area contributed by atoms with E-state index in [1.165, 1.54) is 0 Å². The highest BCUT2D eigenvalue weighted by Gasteiger charge is 2.34. The van der Waals surface area contributed by atoms with Gasteiger partial charge >= 0.3 is 0 Å². The standard InChI is InChI=1S/C11H19N3O4/c1-7(2)4-14-5-8(3-10(14)16)11(17)13-18-6-9(12)15/h7-8H,3-6H2,1-2H3,(H2,12,15)(H,13,17). The average Bonchev–Trinajstić information content (AvgIpc) is 2.59. The molecule has 102 valence electrons. The first kappa shape index (κ1) is 14.4. The molecule has 18 heavy (non-hydrogen) atoms. The molecule has 0 radical (unpaired) electrons. The van der Waals surface area contributed by atoms with E-state index in [-0.39, 0.29) is 18.9 Å². The SMILES string of the molecule is CC(C)CN1CC(C(=O)NOCC(N)=O)CC1=O. The number of nitrogens with zero attached hydrogens (tertiary/aromatic N) is 1. The highest BCUT2D eigenvalue weighted by Crippen LogP contribution is 2.19. The Balaban J connectivity index is 2.37. The van der Waals surface area contributed by atoms with Crippen LogP contribution in [0.2, 0.25) is 0 Å². The summed E-state index contributed by atoms with van der Waals surface area (Å²) >= 11 is 0. The number of carbonyl (C=O) groups excluding carboxylic acids is 3. The molecule has 7 nitrogen and oxygen atoms in total. The number of hydrogen-bond donors (Lipinski definition) is 2. The van der Waals surface area contributed by atoms with Crippen LogP contribution >= 0.6 is 0 Å². The van der Waals surface area contributed by atoms with Gasteiger partial charge in [-0.1, -0.05) is 13.8 Å². The monoisotopic (exact) mass is 257 g/mol. The van der Waals surface area contributed by atoms with Crippen LogP contribution in [0, 0.1) is 11.8 Å². The lowest BCUT2D eigenvalue weighted by Crippen LogP contribution is -2.35. The van der Waals surface area contributed by atoms with Gasteiger partial charge in [0.2, 0.25) is 17.7 Å². The van der Waals surface area contributed by atoms with Crippen molar-refractivity contribution >= 4 is 17.7 Å². The normalized spacial score (nSPS) is 19.4. The molecule has 0 aromatic carbocycles. The van der Waals surface area contributed by atoms with E-state index < -0.39 is 17.7 Å². The predicted octanol–water partition coefficient (Wildman–Crippen LogP) is -0.976. The van der Waals surface area contributed by atoms with E-state index in [0.717, 1.165) is 0 Å². The summed E-state index contributed by atoms with van der Waals surface area (Å²) in [6, 6.07) is 0. The molecule has 0 spiro atoms. The van der Waals surface area contributed by atoms with Crippen LogP contribution in [0.4, 0.5) is 0 Å². The van der Waals surface area contributed by atoms with E-state index in [4.69, 9.17) is 5.73 Å². The first-order chi connectivity index (χ1) is 8.40. The molecule has 1 aliphatic rings. The zero-order chi connectivity index (χ0) is 13.7. The molecule has 1 saturated heterocycles. The second kappa shape index (κ2) is 6.34. The molecule has 1 aliphatic heterocycles. The fourth-order valence-electron chi connectivity index (χ4n) is 1.83. The van der Waals surface area contributed by atoms with E-state index in [1.807, 2.05) is 13.8 Å². The maximum atomic E-state index is 11.6. The van der Waals surface area contributed by atoms with Gasteiger partial charge in [0.05, 0.1) is 5.92 Å². The molecule has 0 aliphatic carbocycles. The summed E-state index contributed by atoms with van der Waals surface area (Å²) in [6.45, 7) is 4.68. The molecule has 7 heteroatoms. The van der Waals surface area contributed by atoms with Crippen LogP contribution < -0.4 is 11.2 Å². The number of hydrogen-bond acceptors (Lipinski definition) is 4. The van der Waals surface area contributed by atoms with Crippen LogP contribution in [0.3, 0.4) is 0 Å². The molecule has 1 atom stereocenters. The minimum Gasteiger partial charge on any atom is -0.368 e. The number of rotatable bonds is 6. The Morgan fingerprint density at radius 2 is 2.22 bits per heavy atom. The third-order valence-corrected chi connectivity index (χ3v) is 2.56. The molecular weight excluding hydrogens is 238 g/mol. The summed E-state index contributed by atoms with van der Waals surface area (Å²) in [7, 11) is 0. The van der Waals surface area contributed by atoms with Crippen molar-refractivity contribution in [2.45, 2.75) is 20.3 Å². The van der Waals surface area contributed by atoms with Crippen molar-refractivity contribution in [3.8, 4) is 0 Å². The van der Waals surface area contributed by atoms with Gasteiger partial charge in [0, 0.05) is 19.5 Å². The Morgan fingerprint density at radius 1 is 1.56 bits per heavy atom. The van der Waals surface area contributed by atoms with Crippen molar-refractivity contribution in [1.29, 1.82) is 0 Å². The lowest BCUT2D eigenvalue weighted by Gasteiger charge is -2.18. The third-order valence-electron chi connectivity index (χ3n) is 2.56. The van der Waals surface area contributed by atoms with Crippen LogP contribution in [0.5, 0.6) is 0 Å². The van der Waals surface area contributed by atoms with Crippen molar-refractivity contribution in [2.24, 2.45) is 17.6 Å². The molecule has 0 bridgehead atoms. The lowest BCUT2D eigenvalue weighted by atomic mass is 10.1. The van der Waals surface area contributed by atoms with Crippen LogP contribution in [-0.2, 0) is 19.2 Å². The Kier molecular flexibility index (Phi) is 5.08. The Labute approximate surface area is 106 Å². The molecule has 3 N–H and O–H groups in total. The summed E-state index contributed by atoms with van der Waals surface area (Å²) in [6.07, 6.45) is 0.179. The molecule has 3 amide bonds. The van der Waals surface area contributed by atoms with Crippen molar-refractivity contribution in [1.82, 2.24) is 10.4 Å². The number of likely N-dealkylation sites (tertiary alicyclic amines) is 1. The smallest absolute Gasteiger partial charge is 0.248 e. The number of nitrogens with two attached hydrogens (primary N) is 1. The minimum absolute atomic E-state index is 0.0289. The summed E-state index contributed by atoms with van der Waals surface area (Å²) < 4.78 is 0. The molecule has 0 aromatic heterocycles. The highest BCUT2D eigenvalue weighted by molar-refractivity contribution is 5.88. The topological polar surface area (TPSA) is 102 Å². The van der Waals surface area contributed by atoms with Gasteiger partial charge in [-0.25, -0.2) is 5.48 Å². The van der Waals surface area contributed by atoms with Crippen molar-refractivity contribution in [3.05, 3.63) is 0 Å². The van der Waals surface area contributed by atoms with Crippen LogP contribution in [0.25, 0.3) is 0 Å². The summed E-state index contributed by atoms with van der Waals surface area (Å²) in [5.74, 6) is -1.15. The predicted molar refractivity (Wildman–Crippen MR) is 62.8 cm³/mol. The van der Waals surface area contributed by atoms with E-state index in [2.05, 4.69) is 10.3 Å². The maximum absolute atomic E-state index is 11.6. The van der Waals surface area contributed by atoms with Crippen LogP contribution in [0.15, 0.2) is 0 Å². The maximum Gasteiger partial charge on any atom is 0.248 e.